The maximum Gasteiger partial charge on any atom is 0.417 e. The van der Waals surface area contributed by atoms with Crippen LogP contribution in [0, 0.1) is 0 Å². The van der Waals surface area contributed by atoms with Gasteiger partial charge in [-0.15, -0.1) is 0 Å². The van der Waals surface area contributed by atoms with Gasteiger partial charge in [0, 0.05) is 26.7 Å². The Kier molecular flexibility index (Phi) is 4.84. The molecule has 2 rings (SSSR count). The normalized spacial score (nSPS) is 19.3. The molecule has 1 amide bonds. The van der Waals surface area contributed by atoms with Gasteiger partial charge in [0.25, 0.3) is 5.91 Å². The predicted molar refractivity (Wildman–Crippen MR) is 71.0 cm³/mol. The van der Waals surface area contributed by atoms with Crippen LogP contribution in [0.3, 0.4) is 0 Å². The molecular formula is C14H17F3N2O2. The van der Waals surface area contributed by atoms with E-state index in [1.165, 1.54) is 30.1 Å². The van der Waals surface area contributed by atoms with Gasteiger partial charge in [-0.3, -0.25) is 4.79 Å². The van der Waals surface area contributed by atoms with E-state index in [4.69, 9.17) is 4.74 Å². The van der Waals surface area contributed by atoms with E-state index in [0.29, 0.717) is 13.2 Å². The second-order valence-corrected chi connectivity index (χ2v) is 4.93. The molecule has 1 saturated heterocycles. The SMILES string of the molecule is CN(CC1CNCCO1)C(=O)c1ccccc1C(F)(F)F. The van der Waals surface area contributed by atoms with E-state index >= 15 is 0 Å². The van der Waals surface area contributed by atoms with Crippen molar-refractivity contribution < 1.29 is 22.7 Å². The van der Waals surface area contributed by atoms with Crippen molar-refractivity contribution in [1.29, 1.82) is 0 Å². The fourth-order valence-corrected chi connectivity index (χ4v) is 2.25. The van der Waals surface area contributed by atoms with Crippen LogP contribution in [0.4, 0.5) is 13.2 Å². The van der Waals surface area contributed by atoms with Crippen LogP contribution in [0.25, 0.3) is 0 Å². The summed E-state index contributed by atoms with van der Waals surface area (Å²) in [5.74, 6) is -0.655. The average molecular weight is 302 g/mol. The average Bonchev–Trinajstić information content (AvgIpc) is 2.46. The van der Waals surface area contributed by atoms with Crippen LogP contribution in [-0.4, -0.2) is 50.2 Å². The number of amides is 1. The van der Waals surface area contributed by atoms with E-state index in [9.17, 15) is 18.0 Å². The minimum Gasteiger partial charge on any atom is -0.374 e. The Bertz CT molecular complexity index is 499. The molecule has 1 aliphatic heterocycles. The van der Waals surface area contributed by atoms with Crippen LogP contribution in [0.1, 0.15) is 15.9 Å². The van der Waals surface area contributed by atoms with Crippen molar-refractivity contribution in [2.75, 3.05) is 33.3 Å². The molecule has 1 aromatic rings. The Labute approximate surface area is 120 Å². The summed E-state index contributed by atoms with van der Waals surface area (Å²) in [4.78, 5) is 13.5. The lowest BCUT2D eigenvalue weighted by Gasteiger charge is -2.28. The molecule has 116 valence electrons. The molecule has 0 aliphatic carbocycles. The Hall–Kier alpha value is -1.60. The summed E-state index contributed by atoms with van der Waals surface area (Å²) in [6.45, 7) is 2.10. The third-order valence-corrected chi connectivity index (χ3v) is 3.29. The second kappa shape index (κ2) is 6.44. The number of halogens is 3. The molecule has 1 unspecified atom stereocenters. The molecule has 0 spiro atoms. The third-order valence-electron chi connectivity index (χ3n) is 3.29. The van der Waals surface area contributed by atoms with Crippen LogP contribution < -0.4 is 5.32 Å². The number of benzene rings is 1. The maximum absolute atomic E-state index is 12.9. The van der Waals surface area contributed by atoms with Crippen LogP contribution in [-0.2, 0) is 10.9 Å². The van der Waals surface area contributed by atoms with Crippen LogP contribution in [0.15, 0.2) is 24.3 Å². The summed E-state index contributed by atoms with van der Waals surface area (Å²) in [5.41, 5.74) is -1.25. The Morgan fingerprint density at radius 1 is 1.43 bits per heavy atom. The highest BCUT2D eigenvalue weighted by atomic mass is 19.4. The van der Waals surface area contributed by atoms with Crippen molar-refractivity contribution in [2.45, 2.75) is 12.3 Å². The summed E-state index contributed by atoms with van der Waals surface area (Å²) in [5, 5.41) is 3.11. The summed E-state index contributed by atoms with van der Waals surface area (Å²) >= 11 is 0. The van der Waals surface area contributed by atoms with Crippen molar-refractivity contribution in [3.05, 3.63) is 35.4 Å². The Balaban J connectivity index is 2.12. The van der Waals surface area contributed by atoms with Gasteiger partial charge in [0.15, 0.2) is 0 Å². The van der Waals surface area contributed by atoms with Gasteiger partial charge < -0.3 is 15.0 Å². The van der Waals surface area contributed by atoms with Crippen molar-refractivity contribution in [1.82, 2.24) is 10.2 Å². The van der Waals surface area contributed by atoms with Gasteiger partial charge in [-0.1, -0.05) is 12.1 Å². The number of rotatable bonds is 3. The molecule has 0 radical (unpaired) electrons. The Morgan fingerprint density at radius 2 is 2.14 bits per heavy atom. The summed E-state index contributed by atoms with van der Waals surface area (Å²) in [6, 6.07) is 4.81. The van der Waals surface area contributed by atoms with Crippen molar-refractivity contribution >= 4 is 5.91 Å². The number of nitrogens with zero attached hydrogens (tertiary/aromatic N) is 1. The predicted octanol–water partition coefficient (Wildman–Crippen LogP) is 1.77. The summed E-state index contributed by atoms with van der Waals surface area (Å²) in [7, 11) is 1.48. The first-order chi connectivity index (χ1) is 9.89. The first-order valence-electron chi connectivity index (χ1n) is 6.63. The van der Waals surface area contributed by atoms with Gasteiger partial charge >= 0.3 is 6.18 Å². The first-order valence-corrected chi connectivity index (χ1v) is 6.63. The minimum absolute atomic E-state index is 0.203. The molecule has 0 aromatic heterocycles. The summed E-state index contributed by atoms with van der Waals surface area (Å²) < 4.78 is 44.2. The number of alkyl halides is 3. The standard InChI is InChI=1S/C14H17F3N2O2/c1-19(9-10-8-18-6-7-21-10)13(20)11-4-2-3-5-12(11)14(15,16)17/h2-5,10,18H,6-9H2,1H3. The molecule has 7 heteroatoms. The van der Waals surface area contributed by atoms with Crippen molar-refractivity contribution in [2.24, 2.45) is 0 Å². The fourth-order valence-electron chi connectivity index (χ4n) is 2.25. The molecule has 1 atom stereocenters. The molecule has 0 bridgehead atoms. The lowest BCUT2D eigenvalue weighted by Crippen LogP contribution is -2.45. The number of ether oxygens (including phenoxy) is 1. The molecule has 1 aliphatic rings. The lowest BCUT2D eigenvalue weighted by atomic mass is 10.1. The van der Waals surface area contributed by atoms with E-state index in [1.54, 1.807) is 0 Å². The van der Waals surface area contributed by atoms with Gasteiger partial charge in [-0.25, -0.2) is 0 Å². The van der Waals surface area contributed by atoms with Crippen molar-refractivity contribution in [3.8, 4) is 0 Å². The highest BCUT2D eigenvalue weighted by Crippen LogP contribution is 2.32. The van der Waals surface area contributed by atoms with E-state index in [1.807, 2.05) is 0 Å². The molecular weight excluding hydrogens is 285 g/mol. The quantitative estimate of drug-likeness (QED) is 0.925. The number of hydrogen-bond donors (Lipinski definition) is 1. The highest BCUT2D eigenvalue weighted by Gasteiger charge is 2.35. The van der Waals surface area contributed by atoms with Crippen LogP contribution in [0.2, 0.25) is 0 Å². The third kappa shape index (κ3) is 3.95. The maximum atomic E-state index is 12.9. The highest BCUT2D eigenvalue weighted by molar-refractivity contribution is 5.95. The molecule has 1 heterocycles. The largest absolute Gasteiger partial charge is 0.417 e. The van der Waals surface area contributed by atoms with E-state index in [0.717, 1.165) is 12.6 Å². The van der Waals surface area contributed by atoms with E-state index in [2.05, 4.69) is 5.32 Å². The lowest BCUT2D eigenvalue weighted by molar-refractivity contribution is -0.138. The zero-order chi connectivity index (χ0) is 15.5. The topological polar surface area (TPSA) is 41.6 Å². The zero-order valence-electron chi connectivity index (χ0n) is 11.6. The Morgan fingerprint density at radius 3 is 2.76 bits per heavy atom. The summed E-state index contributed by atoms with van der Waals surface area (Å²) in [6.07, 6.45) is -4.75. The number of nitrogens with one attached hydrogen (secondary N) is 1. The molecule has 4 nitrogen and oxygen atoms in total. The molecule has 1 fully saturated rings. The van der Waals surface area contributed by atoms with Crippen molar-refractivity contribution in [3.63, 3.8) is 0 Å². The van der Waals surface area contributed by atoms with Gasteiger partial charge in [0.2, 0.25) is 0 Å². The zero-order valence-corrected chi connectivity index (χ0v) is 11.6. The molecule has 1 aromatic carbocycles. The number of carbonyl (C=O) groups is 1. The van der Waals surface area contributed by atoms with Crippen LogP contribution in [0.5, 0.6) is 0 Å². The first kappa shape index (κ1) is 15.8. The smallest absolute Gasteiger partial charge is 0.374 e. The minimum atomic E-state index is -4.55. The number of hydrogen-bond acceptors (Lipinski definition) is 3. The second-order valence-electron chi connectivity index (χ2n) is 4.93. The molecule has 21 heavy (non-hydrogen) atoms. The monoisotopic (exact) mass is 302 g/mol. The number of likely N-dealkylation sites (N-methyl/N-ethyl adjacent to an activating group) is 1. The van der Waals surface area contributed by atoms with Gasteiger partial charge in [0.1, 0.15) is 0 Å². The number of carbonyl (C=O) groups excluding carboxylic acids is 1. The fraction of sp³-hybridized carbons (Fsp3) is 0.500. The molecule has 1 N–H and O–H groups in total. The van der Waals surface area contributed by atoms with E-state index in [-0.39, 0.29) is 18.2 Å². The number of morpholine rings is 1. The van der Waals surface area contributed by atoms with E-state index < -0.39 is 17.6 Å². The van der Waals surface area contributed by atoms with Crippen LogP contribution >= 0.6 is 0 Å². The molecule has 0 saturated carbocycles. The van der Waals surface area contributed by atoms with Gasteiger partial charge in [0.05, 0.1) is 23.8 Å². The van der Waals surface area contributed by atoms with Gasteiger partial charge in [-0.05, 0) is 12.1 Å². The van der Waals surface area contributed by atoms with Gasteiger partial charge in [-0.2, -0.15) is 13.2 Å².